The second kappa shape index (κ2) is 7.08. The van der Waals surface area contributed by atoms with E-state index >= 15 is 0 Å². The van der Waals surface area contributed by atoms with Gasteiger partial charge in [0.1, 0.15) is 0 Å². The number of carbonyl (C=O) groups excluding carboxylic acids is 1. The smallest absolute Gasteiger partial charge is 0.233 e. The molecule has 1 aromatic carbocycles. The Hall–Kier alpha value is -1.40. The van der Waals surface area contributed by atoms with Crippen molar-refractivity contribution in [1.82, 2.24) is 4.90 Å². The van der Waals surface area contributed by atoms with Crippen LogP contribution in [-0.4, -0.2) is 51.3 Å². The Bertz CT molecular complexity index is 722. The third-order valence-electron chi connectivity index (χ3n) is 5.60. The summed E-state index contributed by atoms with van der Waals surface area (Å²) in [6.45, 7) is 4.03. The first kappa shape index (κ1) is 18.4. The third-order valence-corrected chi connectivity index (χ3v) is 6.73. The van der Waals surface area contributed by atoms with Gasteiger partial charge in [-0.05, 0) is 50.3 Å². The number of hydrogen-bond acceptors (Lipinski definition) is 4. The molecule has 0 spiro atoms. The molecule has 0 aromatic heterocycles. The number of amides is 1. The molecule has 1 amide bonds. The highest BCUT2D eigenvalue weighted by Gasteiger charge is 2.49. The number of carbonyl (C=O) groups is 1. The van der Waals surface area contributed by atoms with Crippen LogP contribution in [0.15, 0.2) is 29.2 Å². The number of hydrogen-bond donors (Lipinski definition) is 0. The summed E-state index contributed by atoms with van der Waals surface area (Å²) in [5, 5.41) is 0. The van der Waals surface area contributed by atoms with Crippen LogP contribution in [0.4, 0.5) is 0 Å². The molecule has 3 rings (SSSR count). The van der Waals surface area contributed by atoms with Gasteiger partial charge in [0.2, 0.25) is 5.91 Å². The van der Waals surface area contributed by atoms with Gasteiger partial charge in [0.05, 0.1) is 23.0 Å². The lowest BCUT2D eigenvalue weighted by Gasteiger charge is -2.44. The summed E-state index contributed by atoms with van der Waals surface area (Å²) in [6.07, 6.45) is 5.92. The maximum atomic E-state index is 13.4. The second-order valence-corrected chi connectivity index (χ2v) is 9.20. The molecule has 1 heterocycles. The fraction of sp³-hybridized carbons (Fsp3) is 0.632. The van der Waals surface area contributed by atoms with Crippen LogP contribution in [-0.2, 0) is 24.8 Å². The molecule has 1 aromatic rings. The van der Waals surface area contributed by atoms with Crippen molar-refractivity contribution in [2.24, 2.45) is 0 Å². The highest BCUT2D eigenvalue weighted by Crippen LogP contribution is 2.46. The zero-order valence-electron chi connectivity index (χ0n) is 15.0. The SMILES string of the molecule is CCOCC1CCCN1C(=O)C1(c2ccc(S(C)(=O)=O)cc2)CCC1. The average molecular weight is 365 g/mol. The number of nitrogens with zero attached hydrogens (tertiary/aromatic N) is 1. The molecule has 1 unspecified atom stereocenters. The molecule has 0 bridgehead atoms. The topological polar surface area (TPSA) is 63.7 Å². The minimum Gasteiger partial charge on any atom is -0.380 e. The minimum absolute atomic E-state index is 0.167. The molecule has 1 aliphatic heterocycles. The highest BCUT2D eigenvalue weighted by atomic mass is 32.2. The van der Waals surface area contributed by atoms with Gasteiger partial charge in [-0.15, -0.1) is 0 Å². The van der Waals surface area contributed by atoms with Crippen molar-refractivity contribution < 1.29 is 17.9 Å². The standard InChI is InChI=1S/C19H27NO4S/c1-3-24-14-16-6-4-13-20(16)18(21)19(11-5-12-19)15-7-9-17(10-8-15)25(2,22)23/h7-10,16H,3-6,11-14H2,1-2H3. The quantitative estimate of drug-likeness (QED) is 0.777. The fourth-order valence-corrected chi connectivity index (χ4v) is 4.61. The van der Waals surface area contributed by atoms with E-state index in [4.69, 9.17) is 4.74 Å². The van der Waals surface area contributed by atoms with Gasteiger partial charge in [-0.25, -0.2) is 8.42 Å². The van der Waals surface area contributed by atoms with Crippen LogP contribution in [0.1, 0.15) is 44.6 Å². The molecule has 2 fully saturated rings. The minimum atomic E-state index is -3.22. The molecular formula is C19H27NO4S. The Balaban J connectivity index is 1.84. The summed E-state index contributed by atoms with van der Waals surface area (Å²) >= 11 is 0. The van der Waals surface area contributed by atoms with Crippen molar-refractivity contribution in [3.8, 4) is 0 Å². The van der Waals surface area contributed by atoms with Crippen molar-refractivity contribution in [2.75, 3.05) is 26.0 Å². The van der Waals surface area contributed by atoms with E-state index in [1.54, 1.807) is 12.1 Å². The summed E-state index contributed by atoms with van der Waals surface area (Å²) in [6, 6.07) is 7.06. The number of sulfone groups is 1. The van der Waals surface area contributed by atoms with Crippen LogP contribution in [0.5, 0.6) is 0 Å². The second-order valence-electron chi connectivity index (χ2n) is 7.19. The van der Waals surface area contributed by atoms with Crippen molar-refractivity contribution in [3.63, 3.8) is 0 Å². The molecule has 1 aliphatic carbocycles. The van der Waals surface area contributed by atoms with E-state index in [1.807, 2.05) is 24.0 Å². The summed E-state index contributed by atoms with van der Waals surface area (Å²) in [7, 11) is -3.22. The molecule has 2 aliphatic rings. The van der Waals surface area contributed by atoms with Gasteiger partial charge in [-0.2, -0.15) is 0 Å². The fourth-order valence-electron chi connectivity index (χ4n) is 3.98. The number of likely N-dealkylation sites (tertiary alicyclic amines) is 1. The maximum absolute atomic E-state index is 13.4. The molecule has 5 nitrogen and oxygen atoms in total. The van der Waals surface area contributed by atoms with Gasteiger partial charge >= 0.3 is 0 Å². The number of benzene rings is 1. The van der Waals surface area contributed by atoms with Crippen LogP contribution in [0.25, 0.3) is 0 Å². The Morgan fingerprint density at radius 3 is 2.44 bits per heavy atom. The predicted octanol–water partition coefficient (Wildman–Crippen LogP) is 2.54. The maximum Gasteiger partial charge on any atom is 0.233 e. The van der Waals surface area contributed by atoms with E-state index in [1.165, 1.54) is 6.26 Å². The highest BCUT2D eigenvalue weighted by molar-refractivity contribution is 7.90. The lowest BCUT2D eigenvalue weighted by molar-refractivity contribution is -0.142. The summed E-state index contributed by atoms with van der Waals surface area (Å²) < 4.78 is 28.9. The Morgan fingerprint density at radius 2 is 1.92 bits per heavy atom. The normalized spacial score (nSPS) is 22.6. The van der Waals surface area contributed by atoms with E-state index in [9.17, 15) is 13.2 Å². The van der Waals surface area contributed by atoms with Crippen molar-refractivity contribution >= 4 is 15.7 Å². The summed E-state index contributed by atoms with van der Waals surface area (Å²) in [5.41, 5.74) is 0.461. The molecule has 0 N–H and O–H groups in total. The van der Waals surface area contributed by atoms with E-state index in [-0.39, 0.29) is 11.9 Å². The summed E-state index contributed by atoms with van der Waals surface area (Å²) in [5.74, 6) is 0.188. The van der Waals surface area contributed by atoms with Gasteiger partial charge in [0.15, 0.2) is 9.84 Å². The molecule has 138 valence electrons. The summed E-state index contributed by atoms with van der Waals surface area (Å²) in [4.78, 5) is 15.7. The largest absolute Gasteiger partial charge is 0.380 e. The Labute approximate surface area is 150 Å². The van der Waals surface area contributed by atoms with Crippen molar-refractivity contribution in [3.05, 3.63) is 29.8 Å². The van der Waals surface area contributed by atoms with Crippen LogP contribution in [0.3, 0.4) is 0 Å². The first-order chi connectivity index (χ1) is 11.9. The van der Waals surface area contributed by atoms with Crippen molar-refractivity contribution in [1.29, 1.82) is 0 Å². The molecule has 1 atom stereocenters. The third kappa shape index (κ3) is 3.47. The van der Waals surface area contributed by atoms with Crippen LogP contribution < -0.4 is 0 Å². The van der Waals surface area contributed by atoms with Crippen molar-refractivity contribution in [2.45, 2.75) is 55.4 Å². The first-order valence-electron chi connectivity index (χ1n) is 9.08. The lowest BCUT2D eigenvalue weighted by Crippen LogP contribution is -2.53. The zero-order chi connectivity index (χ0) is 18.1. The van der Waals surface area contributed by atoms with E-state index < -0.39 is 15.3 Å². The van der Waals surface area contributed by atoms with Crippen LogP contribution in [0, 0.1) is 0 Å². The Kier molecular flexibility index (Phi) is 5.21. The first-order valence-corrected chi connectivity index (χ1v) is 11.0. The molecule has 6 heteroatoms. The van der Waals surface area contributed by atoms with Gasteiger partial charge in [-0.1, -0.05) is 18.6 Å². The van der Waals surface area contributed by atoms with Crippen LogP contribution in [0.2, 0.25) is 0 Å². The van der Waals surface area contributed by atoms with E-state index in [0.29, 0.717) is 18.1 Å². The van der Waals surface area contributed by atoms with E-state index in [2.05, 4.69) is 0 Å². The molecule has 0 radical (unpaired) electrons. The predicted molar refractivity (Wildman–Crippen MR) is 96.3 cm³/mol. The number of ether oxygens (including phenoxy) is 1. The average Bonchev–Trinajstić information content (AvgIpc) is 3.00. The van der Waals surface area contributed by atoms with Gasteiger partial charge < -0.3 is 9.64 Å². The zero-order valence-corrected chi connectivity index (χ0v) is 15.8. The Morgan fingerprint density at radius 1 is 1.24 bits per heavy atom. The molecule has 25 heavy (non-hydrogen) atoms. The monoisotopic (exact) mass is 365 g/mol. The van der Waals surface area contributed by atoms with Gasteiger partial charge in [0, 0.05) is 19.4 Å². The van der Waals surface area contributed by atoms with Crippen LogP contribution >= 0.6 is 0 Å². The molecular weight excluding hydrogens is 338 g/mol. The molecule has 1 saturated heterocycles. The van der Waals surface area contributed by atoms with Gasteiger partial charge in [0.25, 0.3) is 0 Å². The van der Waals surface area contributed by atoms with Gasteiger partial charge in [-0.3, -0.25) is 4.79 Å². The molecule has 1 saturated carbocycles. The number of rotatable bonds is 6. The van der Waals surface area contributed by atoms with E-state index in [0.717, 1.165) is 44.2 Å². The lowest BCUT2D eigenvalue weighted by atomic mass is 9.63.